The SMILES string of the molecule is Nc1ccc(-c2cnn3ccc(Nc4ccc(Oc5ccccc5)cc4)nc23)cc1. The van der Waals surface area contributed by atoms with Crippen LogP contribution in [0.4, 0.5) is 17.2 Å². The average molecular weight is 393 g/mol. The van der Waals surface area contributed by atoms with E-state index in [4.69, 9.17) is 15.5 Å². The van der Waals surface area contributed by atoms with Crippen LogP contribution in [0.1, 0.15) is 0 Å². The molecule has 0 saturated carbocycles. The normalized spacial score (nSPS) is 10.8. The van der Waals surface area contributed by atoms with Gasteiger partial charge in [-0.3, -0.25) is 0 Å². The van der Waals surface area contributed by atoms with Crippen LogP contribution in [-0.4, -0.2) is 14.6 Å². The van der Waals surface area contributed by atoms with E-state index in [2.05, 4.69) is 10.4 Å². The number of para-hydroxylation sites is 1. The molecule has 5 aromatic rings. The molecule has 0 unspecified atom stereocenters. The zero-order valence-electron chi connectivity index (χ0n) is 16.1. The van der Waals surface area contributed by atoms with E-state index in [1.165, 1.54) is 0 Å². The Hall–Kier alpha value is -4.32. The molecule has 3 aromatic carbocycles. The van der Waals surface area contributed by atoms with Crippen molar-refractivity contribution in [3.05, 3.63) is 97.3 Å². The number of nitrogens with zero attached hydrogens (tertiary/aromatic N) is 3. The Morgan fingerprint density at radius 2 is 1.53 bits per heavy atom. The molecule has 0 aliphatic carbocycles. The Balaban J connectivity index is 1.37. The van der Waals surface area contributed by atoms with Crippen molar-refractivity contribution in [3.63, 3.8) is 0 Å². The zero-order valence-corrected chi connectivity index (χ0v) is 16.1. The van der Waals surface area contributed by atoms with E-state index in [0.29, 0.717) is 0 Å². The van der Waals surface area contributed by atoms with Gasteiger partial charge in [0.1, 0.15) is 17.3 Å². The van der Waals surface area contributed by atoms with Gasteiger partial charge in [0.2, 0.25) is 0 Å². The maximum absolute atomic E-state index is 5.84. The molecular weight excluding hydrogens is 374 g/mol. The molecule has 2 heterocycles. The Morgan fingerprint density at radius 1 is 0.800 bits per heavy atom. The van der Waals surface area contributed by atoms with Crippen LogP contribution in [0, 0.1) is 0 Å². The summed E-state index contributed by atoms with van der Waals surface area (Å²) in [6.45, 7) is 0. The molecule has 0 fully saturated rings. The monoisotopic (exact) mass is 393 g/mol. The van der Waals surface area contributed by atoms with Crippen LogP contribution in [0.3, 0.4) is 0 Å². The summed E-state index contributed by atoms with van der Waals surface area (Å²) in [5, 5.41) is 7.73. The van der Waals surface area contributed by atoms with Crippen LogP contribution >= 0.6 is 0 Å². The van der Waals surface area contributed by atoms with Crippen molar-refractivity contribution in [1.29, 1.82) is 0 Å². The average Bonchev–Trinajstić information content (AvgIpc) is 3.20. The number of hydrogen-bond acceptors (Lipinski definition) is 5. The number of benzene rings is 3. The van der Waals surface area contributed by atoms with Crippen molar-refractivity contribution in [3.8, 4) is 22.6 Å². The molecule has 6 heteroatoms. The summed E-state index contributed by atoms with van der Waals surface area (Å²) in [6, 6.07) is 27.1. The maximum Gasteiger partial charge on any atom is 0.165 e. The van der Waals surface area contributed by atoms with E-state index < -0.39 is 0 Å². The number of nitrogens with one attached hydrogen (secondary N) is 1. The van der Waals surface area contributed by atoms with Crippen molar-refractivity contribution in [2.24, 2.45) is 0 Å². The third-order valence-electron chi connectivity index (χ3n) is 4.70. The third-order valence-corrected chi connectivity index (χ3v) is 4.70. The van der Waals surface area contributed by atoms with Gasteiger partial charge in [-0.25, -0.2) is 9.50 Å². The lowest BCUT2D eigenvalue weighted by Crippen LogP contribution is -1.97. The van der Waals surface area contributed by atoms with E-state index in [0.717, 1.165) is 45.5 Å². The van der Waals surface area contributed by atoms with E-state index in [9.17, 15) is 0 Å². The molecular formula is C24H19N5O. The van der Waals surface area contributed by atoms with Gasteiger partial charge in [0, 0.05) is 23.1 Å². The third kappa shape index (κ3) is 3.66. The summed E-state index contributed by atoms with van der Waals surface area (Å²) < 4.78 is 7.60. The highest BCUT2D eigenvalue weighted by molar-refractivity contribution is 5.78. The Kier molecular flexibility index (Phi) is 4.50. The smallest absolute Gasteiger partial charge is 0.165 e. The summed E-state index contributed by atoms with van der Waals surface area (Å²) in [5.74, 6) is 2.31. The largest absolute Gasteiger partial charge is 0.457 e. The number of rotatable bonds is 5. The topological polar surface area (TPSA) is 77.5 Å². The molecule has 0 atom stereocenters. The number of fused-ring (bicyclic) bond motifs is 1. The van der Waals surface area contributed by atoms with Gasteiger partial charge in [-0.05, 0) is 60.2 Å². The highest BCUT2D eigenvalue weighted by Gasteiger charge is 2.09. The number of ether oxygens (including phenoxy) is 1. The standard InChI is InChI=1S/C24H19N5O/c25-18-8-6-17(7-9-18)22-16-26-29-15-14-23(28-24(22)29)27-19-10-12-21(13-11-19)30-20-4-2-1-3-5-20/h1-16H,25H2,(H,27,28). The highest BCUT2D eigenvalue weighted by atomic mass is 16.5. The molecule has 0 amide bonds. The minimum absolute atomic E-state index is 0.727. The highest BCUT2D eigenvalue weighted by Crippen LogP contribution is 2.27. The van der Waals surface area contributed by atoms with Gasteiger partial charge >= 0.3 is 0 Å². The first-order valence-corrected chi connectivity index (χ1v) is 9.55. The van der Waals surface area contributed by atoms with Crippen molar-refractivity contribution in [2.45, 2.75) is 0 Å². The summed E-state index contributed by atoms with van der Waals surface area (Å²) in [5.41, 5.74) is 10.2. The van der Waals surface area contributed by atoms with Crippen LogP contribution in [0.15, 0.2) is 97.3 Å². The second kappa shape index (κ2) is 7.60. The van der Waals surface area contributed by atoms with Crippen LogP contribution in [0.2, 0.25) is 0 Å². The van der Waals surface area contributed by atoms with Crippen LogP contribution in [-0.2, 0) is 0 Å². The molecule has 30 heavy (non-hydrogen) atoms. The predicted molar refractivity (Wildman–Crippen MR) is 119 cm³/mol. The molecule has 146 valence electrons. The van der Waals surface area contributed by atoms with Crippen molar-refractivity contribution in [1.82, 2.24) is 14.6 Å². The summed E-state index contributed by atoms with van der Waals surface area (Å²) >= 11 is 0. The fourth-order valence-corrected chi connectivity index (χ4v) is 3.18. The van der Waals surface area contributed by atoms with Crippen molar-refractivity contribution >= 4 is 22.8 Å². The van der Waals surface area contributed by atoms with Gasteiger partial charge in [-0.15, -0.1) is 0 Å². The van der Waals surface area contributed by atoms with Crippen LogP contribution in [0.5, 0.6) is 11.5 Å². The fraction of sp³-hybridized carbons (Fsp3) is 0. The maximum atomic E-state index is 5.84. The molecule has 3 N–H and O–H groups in total. The number of aromatic nitrogens is 3. The Bertz CT molecular complexity index is 1280. The predicted octanol–water partition coefficient (Wildman–Crippen LogP) is 5.51. The molecule has 0 aliphatic rings. The van der Waals surface area contributed by atoms with E-state index in [-0.39, 0.29) is 0 Å². The zero-order chi connectivity index (χ0) is 20.3. The van der Waals surface area contributed by atoms with E-state index >= 15 is 0 Å². The number of nitrogen functional groups attached to an aromatic ring is 1. The van der Waals surface area contributed by atoms with Crippen LogP contribution < -0.4 is 15.8 Å². The fourth-order valence-electron chi connectivity index (χ4n) is 3.18. The number of anilines is 3. The minimum Gasteiger partial charge on any atom is -0.457 e. The van der Waals surface area contributed by atoms with E-state index in [1.807, 2.05) is 97.3 Å². The molecule has 0 bridgehead atoms. The molecule has 6 nitrogen and oxygen atoms in total. The quantitative estimate of drug-likeness (QED) is 0.385. The Morgan fingerprint density at radius 3 is 2.30 bits per heavy atom. The van der Waals surface area contributed by atoms with Gasteiger partial charge in [0.05, 0.1) is 6.20 Å². The summed E-state index contributed by atoms with van der Waals surface area (Å²) in [7, 11) is 0. The number of hydrogen-bond donors (Lipinski definition) is 2. The molecule has 0 spiro atoms. The van der Waals surface area contributed by atoms with Crippen molar-refractivity contribution < 1.29 is 4.74 Å². The van der Waals surface area contributed by atoms with Gasteiger partial charge in [0.25, 0.3) is 0 Å². The summed E-state index contributed by atoms with van der Waals surface area (Å²) in [4.78, 5) is 4.75. The second-order valence-electron chi connectivity index (χ2n) is 6.83. The van der Waals surface area contributed by atoms with Gasteiger partial charge < -0.3 is 15.8 Å². The van der Waals surface area contributed by atoms with Gasteiger partial charge in [-0.1, -0.05) is 30.3 Å². The minimum atomic E-state index is 0.727. The van der Waals surface area contributed by atoms with Crippen LogP contribution in [0.25, 0.3) is 16.8 Å². The van der Waals surface area contributed by atoms with E-state index in [1.54, 1.807) is 4.52 Å². The molecule has 5 rings (SSSR count). The van der Waals surface area contributed by atoms with Crippen molar-refractivity contribution in [2.75, 3.05) is 11.1 Å². The first-order valence-electron chi connectivity index (χ1n) is 9.55. The molecule has 0 aliphatic heterocycles. The lowest BCUT2D eigenvalue weighted by Gasteiger charge is -2.09. The second-order valence-corrected chi connectivity index (χ2v) is 6.83. The molecule has 2 aromatic heterocycles. The Labute approximate surface area is 173 Å². The lowest BCUT2D eigenvalue weighted by atomic mass is 10.1. The first-order chi connectivity index (χ1) is 14.7. The number of nitrogens with two attached hydrogens (primary N) is 1. The summed E-state index contributed by atoms with van der Waals surface area (Å²) in [6.07, 6.45) is 3.70. The van der Waals surface area contributed by atoms with Gasteiger partial charge in [0.15, 0.2) is 5.65 Å². The molecule has 0 saturated heterocycles. The first kappa shape index (κ1) is 17.8. The lowest BCUT2D eigenvalue weighted by molar-refractivity contribution is 0.483. The van der Waals surface area contributed by atoms with Gasteiger partial charge in [-0.2, -0.15) is 5.10 Å². The molecule has 0 radical (unpaired) electrons.